The Morgan fingerprint density at radius 1 is 1.08 bits per heavy atom. The molecule has 3 aromatic carbocycles. The van der Waals surface area contributed by atoms with Crippen LogP contribution in [0.1, 0.15) is 6.42 Å². The van der Waals surface area contributed by atoms with Crippen LogP contribution in [0.4, 0.5) is 5.69 Å². The molecule has 2 heterocycles. The van der Waals surface area contributed by atoms with Gasteiger partial charge in [-0.15, -0.1) is 6.58 Å². The lowest BCUT2D eigenvalue weighted by Gasteiger charge is -2.25. The highest BCUT2D eigenvalue weighted by atomic mass is 32.2. The summed E-state index contributed by atoms with van der Waals surface area (Å²) in [6.07, 6.45) is 1.10. The van der Waals surface area contributed by atoms with Crippen molar-refractivity contribution >= 4 is 38.6 Å². The quantitative estimate of drug-likeness (QED) is 0.257. The molecular formula is C27H23N3O6S. The number of hydrogen-bond donors (Lipinski definition) is 0. The first kappa shape index (κ1) is 24.4. The molecule has 1 saturated heterocycles. The summed E-state index contributed by atoms with van der Waals surface area (Å²) in [6, 6.07) is 18.6. The number of benzene rings is 3. The highest BCUT2D eigenvalue weighted by Crippen LogP contribution is 2.32. The molecule has 0 bridgehead atoms. The zero-order valence-corrected chi connectivity index (χ0v) is 20.7. The van der Waals surface area contributed by atoms with E-state index < -0.39 is 27.9 Å². The number of methoxy groups -OCH3 is 1. The van der Waals surface area contributed by atoms with Crippen LogP contribution < -0.4 is 9.64 Å². The average molecular weight is 518 g/mol. The first-order chi connectivity index (χ1) is 17.8. The van der Waals surface area contributed by atoms with Crippen LogP contribution in [-0.2, 0) is 19.6 Å². The van der Waals surface area contributed by atoms with Gasteiger partial charge < -0.3 is 9.15 Å². The molecule has 1 aliphatic heterocycles. The number of rotatable bonds is 8. The van der Waals surface area contributed by atoms with Gasteiger partial charge in [0.1, 0.15) is 17.3 Å². The summed E-state index contributed by atoms with van der Waals surface area (Å²) in [5, 5.41) is 0. The summed E-state index contributed by atoms with van der Waals surface area (Å²) in [4.78, 5) is 31.8. The molecule has 0 saturated carbocycles. The fraction of sp³-hybridized carbons (Fsp3) is 0.148. The zero-order chi connectivity index (χ0) is 26.2. The number of amides is 2. The maximum absolute atomic E-state index is 13.4. The van der Waals surface area contributed by atoms with Gasteiger partial charge in [0.2, 0.25) is 21.8 Å². The number of carbonyl (C=O) groups excluding carboxylic acids is 2. The van der Waals surface area contributed by atoms with Gasteiger partial charge in [-0.25, -0.2) is 18.3 Å². The van der Waals surface area contributed by atoms with Crippen LogP contribution >= 0.6 is 0 Å². The molecule has 0 spiro atoms. The summed E-state index contributed by atoms with van der Waals surface area (Å²) >= 11 is 0. The summed E-state index contributed by atoms with van der Waals surface area (Å²) in [6.45, 7) is 3.49. The number of nitrogens with zero attached hydrogens (tertiary/aromatic N) is 3. The molecule has 4 aromatic rings. The second-order valence-electron chi connectivity index (χ2n) is 8.36. The van der Waals surface area contributed by atoms with Crippen molar-refractivity contribution < 1.29 is 27.2 Å². The van der Waals surface area contributed by atoms with Gasteiger partial charge >= 0.3 is 0 Å². The number of sulfonamides is 1. The van der Waals surface area contributed by atoms with Crippen molar-refractivity contribution in [1.82, 2.24) is 9.29 Å². The number of para-hydroxylation sites is 2. The molecule has 1 aromatic heterocycles. The third-order valence-corrected chi connectivity index (χ3v) is 8.00. The number of carbonyl (C=O) groups is 2. The molecule has 37 heavy (non-hydrogen) atoms. The smallest absolute Gasteiger partial charge is 0.252 e. The third kappa shape index (κ3) is 4.41. The molecule has 0 N–H and O–H groups in total. The molecule has 188 valence electrons. The first-order valence-electron chi connectivity index (χ1n) is 11.4. The first-order valence-corrected chi connectivity index (χ1v) is 12.9. The number of imide groups is 1. The third-order valence-electron chi connectivity index (χ3n) is 6.11. The number of oxazole rings is 1. The summed E-state index contributed by atoms with van der Waals surface area (Å²) in [5.41, 5.74) is 2.37. The van der Waals surface area contributed by atoms with Crippen molar-refractivity contribution in [1.29, 1.82) is 0 Å². The number of anilines is 1. The van der Waals surface area contributed by atoms with E-state index in [-0.39, 0.29) is 17.9 Å². The summed E-state index contributed by atoms with van der Waals surface area (Å²) < 4.78 is 38.7. The predicted molar refractivity (Wildman–Crippen MR) is 137 cm³/mol. The van der Waals surface area contributed by atoms with Crippen LogP contribution in [0, 0.1) is 0 Å². The molecule has 2 amide bonds. The molecule has 0 aliphatic carbocycles. The number of hydrogen-bond acceptors (Lipinski definition) is 7. The van der Waals surface area contributed by atoms with Gasteiger partial charge in [-0.2, -0.15) is 4.31 Å². The minimum atomic E-state index is -4.10. The maximum Gasteiger partial charge on any atom is 0.252 e. The second kappa shape index (κ2) is 9.64. The lowest BCUT2D eigenvalue weighted by atomic mass is 10.2. The van der Waals surface area contributed by atoms with E-state index in [1.165, 1.54) is 37.5 Å². The van der Waals surface area contributed by atoms with Crippen molar-refractivity contribution in [3.63, 3.8) is 0 Å². The average Bonchev–Trinajstić information content (AvgIpc) is 3.47. The fourth-order valence-corrected chi connectivity index (χ4v) is 5.82. The molecule has 1 aliphatic rings. The van der Waals surface area contributed by atoms with Crippen molar-refractivity contribution in [3.8, 4) is 17.2 Å². The molecule has 5 rings (SSSR count). The molecule has 10 heteroatoms. The molecular weight excluding hydrogens is 494 g/mol. The topological polar surface area (TPSA) is 110 Å². The van der Waals surface area contributed by atoms with E-state index in [0.29, 0.717) is 28.5 Å². The maximum atomic E-state index is 13.4. The fourth-order valence-electron chi connectivity index (χ4n) is 4.26. The van der Waals surface area contributed by atoms with Gasteiger partial charge in [0.25, 0.3) is 5.91 Å². The SMILES string of the molecule is C=CCN(C1CC(=O)N(c2ccc(-c3nc4ccccc4o3)cc2)C1=O)S(=O)(=O)c1ccc(OC)cc1. The summed E-state index contributed by atoms with van der Waals surface area (Å²) in [7, 11) is -2.63. The molecule has 1 unspecified atom stereocenters. The minimum Gasteiger partial charge on any atom is -0.497 e. The largest absolute Gasteiger partial charge is 0.497 e. The highest BCUT2D eigenvalue weighted by molar-refractivity contribution is 7.89. The predicted octanol–water partition coefficient (Wildman–Crippen LogP) is 4.01. The van der Waals surface area contributed by atoms with Crippen LogP contribution in [0.5, 0.6) is 5.75 Å². The van der Waals surface area contributed by atoms with Crippen molar-refractivity contribution in [2.75, 3.05) is 18.6 Å². The second-order valence-corrected chi connectivity index (χ2v) is 10.3. The standard InChI is InChI=1S/C27H23N3O6S/c1-3-16-29(37(33,34)21-14-12-20(35-2)13-15-21)23-17-25(31)30(27(23)32)19-10-8-18(9-11-19)26-28-22-6-4-5-7-24(22)36-26/h3-15,23H,1,16-17H2,2H3. The van der Waals surface area contributed by atoms with E-state index >= 15 is 0 Å². The molecule has 1 fully saturated rings. The van der Waals surface area contributed by atoms with Gasteiger partial charge in [-0.1, -0.05) is 18.2 Å². The van der Waals surface area contributed by atoms with Gasteiger partial charge in [0.05, 0.1) is 24.1 Å². The minimum absolute atomic E-state index is 0.0171. The monoisotopic (exact) mass is 517 g/mol. The molecule has 0 radical (unpaired) electrons. The molecule has 9 nitrogen and oxygen atoms in total. The number of aromatic nitrogens is 1. The van der Waals surface area contributed by atoms with E-state index in [9.17, 15) is 18.0 Å². The van der Waals surface area contributed by atoms with Crippen molar-refractivity contribution in [2.45, 2.75) is 17.4 Å². The highest BCUT2D eigenvalue weighted by Gasteiger charge is 2.46. The molecule has 1 atom stereocenters. The van der Waals surface area contributed by atoms with Crippen LogP contribution in [0.25, 0.3) is 22.6 Å². The van der Waals surface area contributed by atoms with E-state index in [1.54, 1.807) is 24.3 Å². The Morgan fingerprint density at radius 3 is 2.43 bits per heavy atom. The van der Waals surface area contributed by atoms with Gasteiger partial charge in [0, 0.05) is 12.1 Å². The van der Waals surface area contributed by atoms with E-state index in [2.05, 4.69) is 11.6 Å². The van der Waals surface area contributed by atoms with E-state index in [0.717, 1.165) is 14.7 Å². The Bertz CT molecular complexity index is 1560. The van der Waals surface area contributed by atoms with Crippen LogP contribution in [0.15, 0.2) is 94.8 Å². The van der Waals surface area contributed by atoms with Crippen molar-refractivity contribution in [3.05, 3.63) is 85.5 Å². The Morgan fingerprint density at radius 2 is 1.78 bits per heavy atom. The van der Waals surface area contributed by atoms with E-state index in [1.807, 2.05) is 24.3 Å². The van der Waals surface area contributed by atoms with Gasteiger partial charge in [-0.3, -0.25) is 9.59 Å². The zero-order valence-electron chi connectivity index (χ0n) is 19.9. The Kier molecular flexibility index (Phi) is 6.36. The van der Waals surface area contributed by atoms with Gasteiger partial charge in [-0.05, 0) is 60.7 Å². The lowest BCUT2D eigenvalue weighted by Crippen LogP contribution is -2.45. The Labute approximate surface area is 213 Å². The van der Waals surface area contributed by atoms with Crippen LogP contribution in [0.3, 0.4) is 0 Å². The van der Waals surface area contributed by atoms with Crippen LogP contribution in [0.2, 0.25) is 0 Å². The Hall–Kier alpha value is -4.28. The number of ether oxygens (including phenoxy) is 1. The van der Waals surface area contributed by atoms with Crippen LogP contribution in [-0.4, -0.2) is 49.2 Å². The van der Waals surface area contributed by atoms with Gasteiger partial charge in [0.15, 0.2) is 5.58 Å². The van der Waals surface area contributed by atoms with E-state index in [4.69, 9.17) is 9.15 Å². The number of fused-ring (bicyclic) bond motifs is 1. The Balaban J connectivity index is 1.42. The lowest BCUT2D eigenvalue weighted by molar-refractivity contribution is -0.122. The normalized spacial score (nSPS) is 16.1. The summed E-state index contributed by atoms with van der Waals surface area (Å²) in [5.74, 6) is -0.219. The van der Waals surface area contributed by atoms with Crippen molar-refractivity contribution in [2.24, 2.45) is 0 Å².